The minimum atomic E-state index is -3.62. The number of benzene rings is 1. The Morgan fingerprint density at radius 3 is 2.75 bits per heavy atom. The average molecular weight is 337 g/mol. The normalized spacial score (nSPS) is 22.7. The van der Waals surface area contributed by atoms with Gasteiger partial charge in [0.1, 0.15) is 4.90 Å². The molecule has 1 aromatic rings. The van der Waals surface area contributed by atoms with Crippen LogP contribution in [0.25, 0.3) is 0 Å². The summed E-state index contributed by atoms with van der Waals surface area (Å²) in [6.45, 7) is 2.84. The SMILES string of the molecule is C[C@@H](N)[C@@H]1CCCN(S(=O)(=O)c2cccc(Cl)c2Cl)C1. The largest absolute Gasteiger partial charge is 0.328 e. The predicted octanol–water partition coefficient (Wildman–Crippen LogP) is 2.74. The molecule has 1 aromatic carbocycles. The first-order valence-electron chi connectivity index (χ1n) is 6.53. The topological polar surface area (TPSA) is 63.4 Å². The lowest BCUT2D eigenvalue weighted by Crippen LogP contribution is -2.45. The highest BCUT2D eigenvalue weighted by atomic mass is 35.5. The van der Waals surface area contributed by atoms with E-state index in [1.807, 2.05) is 6.92 Å². The molecule has 1 heterocycles. The molecule has 0 spiro atoms. The molecular weight excluding hydrogens is 319 g/mol. The average Bonchev–Trinajstić information content (AvgIpc) is 2.41. The monoisotopic (exact) mass is 336 g/mol. The van der Waals surface area contributed by atoms with Crippen LogP contribution < -0.4 is 5.73 Å². The van der Waals surface area contributed by atoms with Crippen molar-refractivity contribution in [2.45, 2.75) is 30.7 Å². The number of hydrogen-bond donors (Lipinski definition) is 1. The van der Waals surface area contributed by atoms with Crippen molar-refractivity contribution in [3.8, 4) is 0 Å². The van der Waals surface area contributed by atoms with E-state index in [0.29, 0.717) is 13.1 Å². The molecule has 0 saturated carbocycles. The lowest BCUT2D eigenvalue weighted by Gasteiger charge is -2.33. The van der Waals surface area contributed by atoms with Crippen LogP contribution in [-0.2, 0) is 10.0 Å². The highest BCUT2D eigenvalue weighted by Crippen LogP contribution is 2.32. The highest BCUT2D eigenvalue weighted by Gasteiger charge is 2.33. The van der Waals surface area contributed by atoms with Crippen LogP contribution in [0.1, 0.15) is 19.8 Å². The van der Waals surface area contributed by atoms with Crippen LogP contribution in [-0.4, -0.2) is 31.9 Å². The number of halogens is 2. The fraction of sp³-hybridized carbons (Fsp3) is 0.538. The van der Waals surface area contributed by atoms with Gasteiger partial charge in [0, 0.05) is 19.1 Å². The summed E-state index contributed by atoms with van der Waals surface area (Å²) in [6, 6.07) is 4.62. The maximum Gasteiger partial charge on any atom is 0.244 e. The van der Waals surface area contributed by atoms with Gasteiger partial charge in [-0.15, -0.1) is 0 Å². The molecule has 0 amide bonds. The zero-order chi connectivity index (χ0) is 14.9. The second-order valence-electron chi connectivity index (χ2n) is 5.18. The van der Waals surface area contributed by atoms with Crippen molar-refractivity contribution in [1.82, 2.24) is 4.31 Å². The smallest absolute Gasteiger partial charge is 0.244 e. The molecule has 112 valence electrons. The van der Waals surface area contributed by atoms with E-state index in [0.717, 1.165) is 12.8 Å². The van der Waals surface area contributed by atoms with Crippen LogP contribution in [0.15, 0.2) is 23.1 Å². The maximum absolute atomic E-state index is 12.7. The molecule has 2 rings (SSSR count). The zero-order valence-corrected chi connectivity index (χ0v) is 13.5. The zero-order valence-electron chi connectivity index (χ0n) is 11.2. The van der Waals surface area contributed by atoms with Gasteiger partial charge in [-0.1, -0.05) is 29.3 Å². The Morgan fingerprint density at radius 2 is 2.10 bits per heavy atom. The van der Waals surface area contributed by atoms with Gasteiger partial charge in [-0.25, -0.2) is 8.42 Å². The van der Waals surface area contributed by atoms with Crippen LogP contribution >= 0.6 is 23.2 Å². The maximum atomic E-state index is 12.7. The summed E-state index contributed by atoms with van der Waals surface area (Å²) in [5.41, 5.74) is 5.90. The first-order valence-corrected chi connectivity index (χ1v) is 8.73. The molecule has 0 radical (unpaired) electrons. The molecule has 4 nitrogen and oxygen atoms in total. The predicted molar refractivity (Wildman–Crippen MR) is 81.6 cm³/mol. The molecule has 7 heteroatoms. The standard InChI is InChI=1S/C13H18Cl2N2O2S/c1-9(16)10-4-3-7-17(8-10)20(18,19)12-6-2-5-11(14)13(12)15/h2,5-6,9-10H,3-4,7-8,16H2,1H3/t9-,10-/m1/s1. The number of sulfonamides is 1. The van der Waals surface area contributed by atoms with Crippen molar-refractivity contribution in [3.05, 3.63) is 28.2 Å². The van der Waals surface area contributed by atoms with Gasteiger partial charge in [0.2, 0.25) is 10.0 Å². The minimum Gasteiger partial charge on any atom is -0.328 e. The molecule has 2 N–H and O–H groups in total. The second-order valence-corrected chi connectivity index (χ2v) is 7.87. The Hall–Kier alpha value is -0.330. The van der Waals surface area contributed by atoms with Crippen LogP contribution in [0, 0.1) is 5.92 Å². The molecule has 1 aliphatic heterocycles. The summed E-state index contributed by atoms with van der Waals surface area (Å²) >= 11 is 11.9. The van der Waals surface area contributed by atoms with E-state index < -0.39 is 10.0 Å². The second kappa shape index (κ2) is 6.20. The fourth-order valence-corrected chi connectivity index (χ4v) is 4.72. The van der Waals surface area contributed by atoms with E-state index in [4.69, 9.17) is 28.9 Å². The van der Waals surface area contributed by atoms with Crippen LogP contribution in [0.2, 0.25) is 10.0 Å². The number of nitrogens with two attached hydrogens (primary N) is 1. The van der Waals surface area contributed by atoms with Crippen LogP contribution in [0.3, 0.4) is 0 Å². The van der Waals surface area contributed by atoms with Gasteiger partial charge < -0.3 is 5.73 Å². The van der Waals surface area contributed by atoms with Gasteiger partial charge in [-0.3, -0.25) is 0 Å². The molecule has 0 aliphatic carbocycles. The van der Waals surface area contributed by atoms with E-state index in [1.165, 1.54) is 10.4 Å². The number of rotatable bonds is 3. The van der Waals surface area contributed by atoms with Crippen molar-refractivity contribution in [1.29, 1.82) is 0 Å². The lowest BCUT2D eigenvalue weighted by molar-refractivity contribution is 0.243. The Balaban J connectivity index is 2.33. The lowest BCUT2D eigenvalue weighted by atomic mass is 9.93. The molecule has 1 fully saturated rings. The van der Waals surface area contributed by atoms with Crippen molar-refractivity contribution >= 4 is 33.2 Å². The van der Waals surface area contributed by atoms with Crippen molar-refractivity contribution in [2.24, 2.45) is 11.7 Å². The van der Waals surface area contributed by atoms with Gasteiger partial charge >= 0.3 is 0 Å². The molecule has 0 aromatic heterocycles. The molecule has 1 saturated heterocycles. The van der Waals surface area contributed by atoms with E-state index in [1.54, 1.807) is 12.1 Å². The van der Waals surface area contributed by atoms with Crippen LogP contribution in [0.5, 0.6) is 0 Å². The Bertz CT molecular complexity index is 590. The van der Waals surface area contributed by atoms with E-state index in [9.17, 15) is 8.42 Å². The molecule has 2 atom stereocenters. The molecular formula is C13H18Cl2N2O2S. The van der Waals surface area contributed by atoms with E-state index in [-0.39, 0.29) is 26.9 Å². The van der Waals surface area contributed by atoms with Gasteiger partial charge in [-0.05, 0) is 37.8 Å². The van der Waals surface area contributed by atoms with Gasteiger partial charge in [0.05, 0.1) is 10.0 Å². The van der Waals surface area contributed by atoms with Crippen molar-refractivity contribution in [3.63, 3.8) is 0 Å². The van der Waals surface area contributed by atoms with Gasteiger partial charge in [0.15, 0.2) is 0 Å². The van der Waals surface area contributed by atoms with Crippen molar-refractivity contribution < 1.29 is 8.42 Å². The summed E-state index contributed by atoms with van der Waals surface area (Å²) in [5.74, 6) is 0.177. The fourth-order valence-electron chi connectivity index (χ4n) is 2.44. The van der Waals surface area contributed by atoms with Crippen LogP contribution in [0.4, 0.5) is 0 Å². The third-order valence-corrected chi connectivity index (χ3v) is 6.54. The number of piperidine rings is 1. The number of nitrogens with zero attached hydrogens (tertiary/aromatic N) is 1. The quantitative estimate of drug-likeness (QED) is 0.922. The molecule has 0 unspecified atom stereocenters. The number of hydrogen-bond acceptors (Lipinski definition) is 3. The Morgan fingerprint density at radius 1 is 1.40 bits per heavy atom. The first kappa shape index (κ1) is 16.0. The third kappa shape index (κ3) is 3.12. The van der Waals surface area contributed by atoms with Gasteiger partial charge in [0.25, 0.3) is 0 Å². The first-order chi connectivity index (χ1) is 9.34. The molecule has 1 aliphatic rings. The van der Waals surface area contributed by atoms with Crippen molar-refractivity contribution in [2.75, 3.05) is 13.1 Å². The van der Waals surface area contributed by atoms with Gasteiger partial charge in [-0.2, -0.15) is 4.31 Å². The Labute approximate surface area is 129 Å². The molecule has 20 heavy (non-hydrogen) atoms. The third-order valence-electron chi connectivity index (χ3n) is 3.70. The van der Waals surface area contributed by atoms with E-state index >= 15 is 0 Å². The summed E-state index contributed by atoms with van der Waals surface area (Å²) in [6.07, 6.45) is 1.76. The minimum absolute atomic E-state index is 0.0252. The summed E-state index contributed by atoms with van der Waals surface area (Å²) < 4.78 is 26.8. The summed E-state index contributed by atoms with van der Waals surface area (Å²) in [7, 11) is -3.62. The summed E-state index contributed by atoms with van der Waals surface area (Å²) in [5, 5.41) is 0.325. The highest BCUT2D eigenvalue weighted by molar-refractivity contribution is 7.89. The Kier molecular flexibility index (Phi) is 4.97. The molecule has 0 bridgehead atoms. The van der Waals surface area contributed by atoms with E-state index in [2.05, 4.69) is 0 Å². The summed E-state index contributed by atoms with van der Waals surface area (Å²) in [4.78, 5) is 0.0667.